The number of fused-ring (bicyclic) bond motifs is 2. The minimum Gasteiger partial charge on any atom is -0.298 e. The monoisotopic (exact) mass is 164 g/mol. The van der Waals surface area contributed by atoms with E-state index in [0.717, 1.165) is 6.42 Å². The Balaban J connectivity index is 2.43. The Hall–Kier alpha value is -0.590. The van der Waals surface area contributed by atoms with Gasteiger partial charge in [0.25, 0.3) is 0 Å². The van der Waals surface area contributed by atoms with E-state index in [9.17, 15) is 4.79 Å². The first kappa shape index (κ1) is 8.03. The van der Waals surface area contributed by atoms with Gasteiger partial charge >= 0.3 is 0 Å². The van der Waals surface area contributed by atoms with Crippen molar-refractivity contribution in [3.63, 3.8) is 0 Å². The van der Waals surface area contributed by atoms with Crippen molar-refractivity contribution < 1.29 is 4.79 Å². The number of allylic oxidation sites excluding steroid dienone is 2. The summed E-state index contributed by atoms with van der Waals surface area (Å²) in [4.78, 5) is 11.9. The minimum atomic E-state index is -0.0861. The number of carbonyl (C=O) groups is 1. The Kier molecular flexibility index (Phi) is 1.48. The van der Waals surface area contributed by atoms with E-state index in [-0.39, 0.29) is 11.3 Å². The number of carbonyl (C=O) groups excluding carboxylic acids is 1. The molecule has 0 aromatic carbocycles. The molecule has 2 aliphatic rings. The number of Topliss-reactive ketones (excluding diaryl/α,β-unsaturated/α-hetero) is 1. The van der Waals surface area contributed by atoms with Gasteiger partial charge in [-0.2, -0.15) is 0 Å². The van der Waals surface area contributed by atoms with E-state index in [2.05, 4.69) is 26.8 Å². The molecule has 1 saturated carbocycles. The first-order valence-corrected chi connectivity index (χ1v) is 4.79. The van der Waals surface area contributed by atoms with Crippen molar-refractivity contribution in [2.24, 2.45) is 17.3 Å². The minimum absolute atomic E-state index is 0.0861. The molecule has 0 radical (unpaired) electrons. The van der Waals surface area contributed by atoms with Crippen LogP contribution < -0.4 is 0 Å². The van der Waals surface area contributed by atoms with Crippen molar-refractivity contribution in [1.82, 2.24) is 0 Å². The molecule has 0 aromatic heterocycles. The topological polar surface area (TPSA) is 17.1 Å². The van der Waals surface area contributed by atoms with E-state index in [4.69, 9.17) is 0 Å². The Morgan fingerprint density at radius 1 is 1.58 bits per heavy atom. The predicted molar refractivity (Wildman–Crippen MR) is 48.8 cm³/mol. The fourth-order valence-electron chi connectivity index (χ4n) is 2.53. The van der Waals surface area contributed by atoms with Gasteiger partial charge in [0.2, 0.25) is 0 Å². The SMILES string of the molecule is CC1=C[C@H]2C(=O)[C@]1(C)CC[C@H]2C. The molecule has 12 heavy (non-hydrogen) atoms. The fourth-order valence-corrected chi connectivity index (χ4v) is 2.53. The number of hydrogen-bond acceptors (Lipinski definition) is 1. The number of hydrogen-bond donors (Lipinski definition) is 0. The first-order chi connectivity index (χ1) is 5.55. The smallest absolute Gasteiger partial charge is 0.149 e. The lowest BCUT2D eigenvalue weighted by Gasteiger charge is -2.33. The quantitative estimate of drug-likeness (QED) is 0.503. The van der Waals surface area contributed by atoms with Gasteiger partial charge in [0.1, 0.15) is 5.78 Å². The van der Waals surface area contributed by atoms with Gasteiger partial charge in [-0.25, -0.2) is 0 Å². The van der Waals surface area contributed by atoms with Crippen LogP contribution in [0.15, 0.2) is 11.6 Å². The Labute approximate surface area is 73.8 Å². The molecule has 2 rings (SSSR count). The summed E-state index contributed by atoms with van der Waals surface area (Å²) in [5, 5.41) is 0. The van der Waals surface area contributed by atoms with Gasteiger partial charge in [-0.1, -0.05) is 18.6 Å². The van der Waals surface area contributed by atoms with Gasteiger partial charge in [-0.05, 0) is 32.6 Å². The largest absolute Gasteiger partial charge is 0.298 e. The molecule has 0 spiro atoms. The summed E-state index contributed by atoms with van der Waals surface area (Å²) < 4.78 is 0. The molecule has 1 heteroatoms. The third-order valence-electron chi connectivity index (χ3n) is 3.86. The number of rotatable bonds is 0. The average Bonchev–Trinajstić information content (AvgIpc) is 2.17. The van der Waals surface area contributed by atoms with Crippen LogP contribution in [0.25, 0.3) is 0 Å². The second-order valence-corrected chi connectivity index (χ2v) is 4.59. The summed E-state index contributed by atoms with van der Waals surface area (Å²) in [5.74, 6) is 1.28. The highest BCUT2D eigenvalue weighted by atomic mass is 16.1. The van der Waals surface area contributed by atoms with E-state index in [0.29, 0.717) is 11.7 Å². The van der Waals surface area contributed by atoms with Crippen molar-refractivity contribution in [1.29, 1.82) is 0 Å². The van der Waals surface area contributed by atoms with Crippen LogP contribution in [0.2, 0.25) is 0 Å². The Morgan fingerprint density at radius 2 is 2.25 bits per heavy atom. The van der Waals surface area contributed by atoms with Crippen LogP contribution >= 0.6 is 0 Å². The zero-order chi connectivity index (χ0) is 8.93. The van der Waals surface area contributed by atoms with Gasteiger partial charge in [0, 0.05) is 11.3 Å². The summed E-state index contributed by atoms with van der Waals surface area (Å²) in [6.45, 7) is 6.40. The molecular weight excluding hydrogens is 148 g/mol. The molecule has 2 aliphatic carbocycles. The molecule has 0 heterocycles. The normalized spacial score (nSPS) is 46.2. The third-order valence-corrected chi connectivity index (χ3v) is 3.86. The van der Waals surface area contributed by atoms with E-state index in [1.54, 1.807) is 0 Å². The Bertz CT molecular complexity index is 264. The molecule has 0 unspecified atom stereocenters. The lowest BCUT2D eigenvalue weighted by molar-refractivity contribution is -0.131. The highest BCUT2D eigenvalue weighted by Crippen LogP contribution is 2.49. The number of ketones is 1. The molecule has 1 fully saturated rings. The van der Waals surface area contributed by atoms with Crippen molar-refractivity contribution in [3.8, 4) is 0 Å². The highest BCUT2D eigenvalue weighted by Gasteiger charge is 2.48. The summed E-state index contributed by atoms with van der Waals surface area (Å²) in [6.07, 6.45) is 4.46. The predicted octanol–water partition coefficient (Wildman–Crippen LogP) is 2.57. The highest BCUT2D eigenvalue weighted by molar-refractivity contribution is 5.95. The van der Waals surface area contributed by atoms with Gasteiger partial charge in [-0.15, -0.1) is 0 Å². The molecule has 0 N–H and O–H groups in total. The molecule has 1 nitrogen and oxygen atoms in total. The van der Waals surface area contributed by atoms with E-state index >= 15 is 0 Å². The van der Waals surface area contributed by atoms with Crippen LogP contribution in [0.3, 0.4) is 0 Å². The molecule has 0 amide bonds. The van der Waals surface area contributed by atoms with Gasteiger partial charge in [-0.3, -0.25) is 4.79 Å². The fraction of sp³-hybridized carbons (Fsp3) is 0.727. The first-order valence-electron chi connectivity index (χ1n) is 4.79. The van der Waals surface area contributed by atoms with Crippen molar-refractivity contribution in [2.45, 2.75) is 33.6 Å². The standard InChI is InChI=1S/C11H16O/c1-7-4-5-11(3)8(2)6-9(7)10(11)12/h6-7,9H,4-5H2,1-3H3/t7-,9-,11-/m1/s1. The van der Waals surface area contributed by atoms with E-state index in [1.165, 1.54) is 12.0 Å². The van der Waals surface area contributed by atoms with Crippen LogP contribution in [-0.4, -0.2) is 5.78 Å². The lowest BCUT2D eigenvalue weighted by atomic mass is 9.69. The van der Waals surface area contributed by atoms with Crippen molar-refractivity contribution in [2.75, 3.05) is 0 Å². The van der Waals surface area contributed by atoms with Crippen LogP contribution in [0.4, 0.5) is 0 Å². The Morgan fingerprint density at radius 3 is 2.83 bits per heavy atom. The second-order valence-electron chi connectivity index (χ2n) is 4.59. The molecule has 2 bridgehead atoms. The van der Waals surface area contributed by atoms with Crippen molar-refractivity contribution >= 4 is 5.78 Å². The maximum atomic E-state index is 11.9. The zero-order valence-electron chi connectivity index (χ0n) is 8.05. The van der Waals surface area contributed by atoms with Gasteiger partial charge < -0.3 is 0 Å². The summed E-state index contributed by atoms with van der Waals surface area (Å²) in [6, 6.07) is 0. The maximum Gasteiger partial charge on any atom is 0.149 e. The maximum absolute atomic E-state index is 11.9. The summed E-state index contributed by atoms with van der Waals surface area (Å²) >= 11 is 0. The van der Waals surface area contributed by atoms with E-state index < -0.39 is 0 Å². The third kappa shape index (κ3) is 0.769. The molecule has 0 saturated heterocycles. The summed E-state index contributed by atoms with van der Waals surface area (Å²) in [7, 11) is 0. The second kappa shape index (κ2) is 2.21. The molecule has 3 atom stereocenters. The molecular formula is C11H16O. The van der Waals surface area contributed by atoms with Crippen LogP contribution in [0.5, 0.6) is 0 Å². The van der Waals surface area contributed by atoms with Gasteiger partial charge in [0.05, 0.1) is 0 Å². The van der Waals surface area contributed by atoms with E-state index in [1.807, 2.05) is 0 Å². The summed E-state index contributed by atoms with van der Waals surface area (Å²) in [5.41, 5.74) is 1.22. The van der Waals surface area contributed by atoms with Gasteiger partial charge in [0.15, 0.2) is 0 Å². The average molecular weight is 164 g/mol. The molecule has 0 aromatic rings. The van der Waals surface area contributed by atoms with Crippen LogP contribution in [0, 0.1) is 17.3 Å². The lowest BCUT2D eigenvalue weighted by Crippen LogP contribution is -2.35. The molecule has 66 valence electrons. The van der Waals surface area contributed by atoms with Crippen LogP contribution in [0.1, 0.15) is 33.6 Å². The molecule has 0 aliphatic heterocycles. The van der Waals surface area contributed by atoms with Crippen molar-refractivity contribution in [3.05, 3.63) is 11.6 Å². The zero-order valence-corrected chi connectivity index (χ0v) is 8.05. The van der Waals surface area contributed by atoms with Crippen LogP contribution in [-0.2, 0) is 4.79 Å².